The highest BCUT2D eigenvalue weighted by Gasteiger charge is 2.34. The summed E-state index contributed by atoms with van der Waals surface area (Å²) in [7, 11) is 3.33. The molecule has 0 N–H and O–H groups in total. The number of halogens is 1. The van der Waals surface area contributed by atoms with E-state index >= 15 is 0 Å². The number of hydrogen-bond acceptors (Lipinski definition) is 4. The van der Waals surface area contributed by atoms with E-state index in [2.05, 4.69) is 0 Å². The van der Waals surface area contributed by atoms with Crippen LogP contribution < -0.4 is 9.47 Å². The average molecular weight is 400 g/mol. The first-order valence-corrected chi connectivity index (χ1v) is 9.22. The van der Waals surface area contributed by atoms with Crippen LogP contribution in [-0.2, 0) is 11.4 Å². The SMILES string of the molecule is CCN1C(=O)/C(=C/c2ccc(OCc3ccc(F)cc3)c(OC)c2)N(C)C1=S. The lowest BCUT2D eigenvalue weighted by Gasteiger charge is -2.14. The van der Waals surface area contributed by atoms with Crippen molar-refractivity contribution in [2.24, 2.45) is 0 Å². The van der Waals surface area contributed by atoms with Gasteiger partial charge in [0, 0.05) is 13.6 Å². The molecule has 1 aliphatic rings. The fourth-order valence-corrected chi connectivity index (χ4v) is 3.19. The van der Waals surface area contributed by atoms with E-state index in [1.165, 1.54) is 12.1 Å². The van der Waals surface area contributed by atoms with Gasteiger partial charge in [-0.25, -0.2) is 4.39 Å². The van der Waals surface area contributed by atoms with Gasteiger partial charge in [-0.05, 0) is 60.6 Å². The molecule has 0 unspecified atom stereocenters. The van der Waals surface area contributed by atoms with Crippen molar-refractivity contribution in [2.75, 3.05) is 20.7 Å². The van der Waals surface area contributed by atoms with Crippen LogP contribution in [-0.4, -0.2) is 41.5 Å². The van der Waals surface area contributed by atoms with E-state index in [-0.39, 0.29) is 18.3 Å². The summed E-state index contributed by atoms with van der Waals surface area (Å²) < 4.78 is 24.2. The smallest absolute Gasteiger partial charge is 0.276 e. The van der Waals surface area contributed by atoms with Gasteiger partial charge in [-0.15, -0.1) is 0 Å². The molecule has 28 heavy (non-hydrogen) atoms. The molecule has 5 nitrogen and oxygen atoms in total. The Labute approximate surface area is 169 Å². The molecule has 7 heteroatoms. The second-order valence-corrected chi connectivity index (χ2v) is 6.61. The maximum Gasteiger partial charge on any atom is 0.276 e. The summed E-state index contributed by atoms with van der Waals surface area (Å²) >= 11 is 5.31. The van der Waals surface area contributed by atoms with Crippen LogP contribution in [0.15, 0.2) is 48.2 Å². The van der Waals surface area contributed by atoms with Crippen LogP contribution in [0.4, 0.5) is 4.39 Å². The van der Waals surface area contributed by atoms with E-state index < -0.39 is 0 Å². The molecule has 2 aromatic rings. The van der Waals surface area contributed by atoms with Crippen LogP contribution in [0.1, 0.15) is 18.1 Å². The highest BCUT2D eigenvalue weighted by molar-refractivity contribution is 7.80. The fraction of sp³-hybridized carbons (Fsp3) is 0.238. The van der Waals surface area contributed by atoms with Crippen LogP contribution >= 0.6 is 12.2 Å². The zero-order valence-electron chi connectivity index (χ0n) is 15.9. The number of likely N-dealkylation sites (N-methyl/N-ethyl adjacent to an activating group) is 2. The molecule has 146 valence electrons. The Morgan fingerprint density at radius 3 is 2.46 bits per heavy atom. The van der Waals surface area contributed by atoms with Gasteiger partial charge in [0.25, 0.3) is 5.91 Å². The number of benzene rings is 2. The van der Waals surface area contributed by atoms with E-state index in [4.69, 9.17) is 21.7 Å². The van der Waals surface area contributed by atoms with E-state index in [1.54, 1.807) is 54.3 Å². The van der Waals surface area contributed by atoms with Crippen molar-refractivity contribution < 1.29 is 18.7 Å². The number of nitrogens with zero attached hydrogens (tertiary/aromatic N) is 2. The van der Waals surface area contributed by atoms with Gasteiger partial charge in [0.2, 0.25) is 0 Å². The molecule has 0 atom stereocenters. The minimum Gasteiger partial charge on any atom is -0.493 e. The van der Waals surface area contributed by atoms with E-state index in [9.17, 15) is 9.18 Å². The van der Waals surface area contributed by atoms with E-state index in [1.807, 2.05) is 13.0 Å². The number of rotatable bonds is 6. The first-order valence-electron chi connectivity index (χ1n) is 8.81. The van der Waals surface area contributed by atoms with Gasteiger partial charge in [-0.3, -0.25) is 9.69 Å². The second-order valence-electron chi connectivity index (χ2n) is 6.25. The maximum atomic E-state index is 13.0. The third-order valence-corrected chi connectivity index (χ3v) is 4.95. The van der Waals surface area contributed by atoms with Gasteiger partial charge >= 0.3 is 0 Å². The van der Waals surface area contributed by atoms with Gasteiger partial charge < -0.3 is 14.4 Å². The van der Waals surface area contributed by atoms with Crippen molar-refractivity contribution in [1.82, 2.24) is 9.80 Å². The number of amides is 1. The molecular formula is C21H21FN2O3S. The Bertz CT molecular complexity index is 928. The van der Waals surface area contributed by atoms with Crippen molar-refractivity contribution in [3.8, 4) is 11.5 Å². The molecule has 1 amide bonds. The molecule has 0 aliphatic carbocycles. The predicted molar refractivity (Wildman–Crippen MR) is 109 cm³/mol. The highest BCUT2D eigenvalue weighted by atomic mass is 32.1. The van der Waals surface area contributed by atoms with Crippen LogP contribution in [0.25, 0.3) is 6.08 Å². The fourth-order valence-electron chi connectivity index (χ4n) is 2.88. The van der Waals surface area contributed by atoms with Crippen molar-refractivity contribution in [2.45, 2.75) is 13.5 Å². The van der Waals surface area contributed by atoms with Crippen molar-refractivity contribution in [1.29, 1.82) is 0 Å². The van der Waals surface area contributed by atoms with Gasteiger partial charge in [0.1, 0.15) is 18.1 Å². The molecule has 1 saturated heterocycles. The lowest BCUT2D eigenvalue weighted by molar-refractivity contribution is -0.122. The predicted octanol–water partition coefficient (Wildman–Crippen LogP) is 3.83. The Hall–Kier alpha value is -2.93. The van der Waals surface area contributed by atoms with E-state index in [0.29, 0.717) is 28.9 Å². The molecule has 1 heterocycles. The molecule has 0 saturated carbocycles. The summed E-state index contributed by atoms with van der Waals surface area (Å²) in [4.78, 5) is 15.8. The van der Waals surface area contributed by atoms with Gasteiger partial charge in [-0.2, -0.15) is 0 Å². The molecule has 0 spiro atoms. The number of hydrogen-bond donors (Lipinski definition) is 0. The molecule has 3 rings (SSSR count). The Morgan fingerprint density at radius 1 is 1.14 bits per heavy atom. The summed E-state index contributed by atoms with van der Waals surface area (Å²) in [6.45, 7) is 2.70. The summed E-state index contributed by atoms with van der Waals surface area (Å²) in [6, 6.07) is 11.5. The van der Waals surface area contributed by atoms with Gasteiger partial charge in [0.15, 0.2) is 16.6 Å². The van der Waals surface area contributed by atoms with Crippen molar-refractivity contribution in [3.05, 3.63) is 65.1 Å². The number of ether oxygens (including phenoxy) is 2. The van der Waals surface area contributed by atoms with Crippen LogP contribution in [0.3, 0.4) is 0 Å². The summed E-state index contributed by atoms with van der Waals surface area (Å²) in [5, 5.41) is 0.491. The average Bonchev–Trinajstić information content (AvgIpc) is 2.90. The maximum absolute atomic E-state index is 13.0. The number of carbonyl (C=O) groups is 1. The number of methoxy groups -OCH3 is 1. The monoisotopic (exact) mass is 400 g/mol. The van der Waals surface area contributed by atoms with E-state index in [0.717, 1.165) is 11.1 Å². The van der Waals surface area contributed by atoms with Gasteiger partial charge in [0.05, 0.1) is 7.11 Å². The molecule has 0 bridgehead atoms. The van der Waals surface area contributed by atoms with Crippen molar-refractivity contribution >= 4 is 29.3 Å². The Balaban J connectivity index is 1.80. The van der Waals surface area contributed by atoms with Crippen LogP contribution in [0.2, 0.25) is 0 Å². The third-order valence-electron chi connectivity index (χ3n) is 4.46. The molecule has 0 radical (unpaired) electrons. The lowest BCUT2D eigenvalue weighted by atomic mass is 10.1. The molecule has 0 aromatic heterocycles. The summed E-state index contributed by atoms with van der Waals surface area (Å²) in [6.07, 6.45) is 1.77. The summed E-state index contributed by atoms with van der Waals surface area (Å²) in [5.41, 5.74) is 2.15. The van der Waals surface area contributed by atoms with Crippen LogP contribution in [0.5, 0.6) is 11.5 Å². The number of thiocarbonyl (C=S) groups is 1. The third kappa shape index (κ3) is 3.99. The molecule has 1 aliphatic heterocycles. The first kappa shape index (κ1) is 19.8. The standard InChI is InChI=1S/C21H21FN2O3S/c1-4-24-20(25)17(23(2)21(24)28)11-15-7-10-18(19(12-15)26-3)27-13-14-5-8-16(22)9-6-14/h5-12H,4,13H2,1-3H3/b17-11-. The van der Waals surface area contributed by atoms with Gasteiger partial charge in [-0.1, -0.05) is 18.2 Å². The van der Waals surface area contributed by atoms with Crippen LogP contribution in [0, 0.1) is 5.82 Å². The topological polar surface area (TPSA) is 42.0 Å². The molecular weight excluding hydrogens is 379 g/mol. The minimum atomic E-state index is -0.286. The van der Waals surface area contributed by atoms with Crippen molar-refractivity contribution in [3.63, 3.8) is 0 Å². The first-order chi connectivity index (χ1) is 13.4. The largest absolute Gasteiger partial charge is 0.493 e. The molecule has 2 aromatic carbocycles. The number of carbonyl (C=O) groups excluding carboxylic acids is 1. The quantitative estimate of drug-likeness (QED) is 0.545. The Kier molecular flexibility index (Phi) is 5.94. The Morgan fingerprint density at radius 2 is 1.86 bits per heavy atom. The zero-order chi connectivity index (χ0) is 20.3. The summed E-state index contributed by atoms with van der Waals surface area (Å²) in [5.74, 6) is 0.696. The zero-order valence-corrected chi connectivity index (χ0v) is 16.8. The lowest BCUT2D eigenvalue weighted by Crippen LogP contribution is -2.30. The highest BCUT2D eigenvalue weighted by Crippen LogP contribution is 2.31. The second kappa shape index (κ2) is 8.39. The normalized spacial score (nSPS) is 15.5. The minimum absolute atomic E-state index is 0.120. The molecule has 1 fully saturated rings.